The number of aromatic nitrogens is 4. The van der Waals surface area contributed by atoms with E-state index in [0.29, 0.717) is 12.1 Å². The summed E-state index contributed by atoms with van der Waals surface area (Å²) >= 11 is 0. The Balaban J connectivity index is 1.82. The Labute approximate surface area is 211 Å². The van der Waals surface area contributed by atoms with Crippen LogP contribution in [0, 0.1) is 0 Å². The number of alkyl halides is 6. The van der Waals surface area contributed by atoms with Crippen molar-refractivity contribution >= 4 is 10.0 Å². The van der Waals surface area contributed by atoms with E-state index in [1.165, 1.54) is 37.3 Å². The third-order valence-corrected chi connectivity index (χ3v) is 6.09. The van der Waals surface area contributed by atoms with Gasteiger partial charge in [-0.3, -0.25) is 5.10 Å². The molecule has 0 atom stereocenters. The fraction of sp³-hybridized carbons (Fsp3) is 0.174. The van der Waals surface area contributed by atoms with Gasteiger partial charge in [0.15, 0.2) is 5.82 Å². The van der Waals surface area contributed by atoms with Crippen LogP contribution in [0.3, 0.4) is 0 Å². The van der Waals surface area contributed by atoms with E-state index in [1.807, 2.05) is 0 Å². The van der Waals surface area contributed by atoms with Crippen molar-refractivity contribution in [2.75, 3.05) is 6.61 Å². The highest BCUT2D eigenvalue weighted by molar-refractivity contribution is 7.89. The van der Waals surface area contributed by atoms with Gasteiger partial charge in [0.2, 0.25) is 10.0 Å². The SMILES string of the molecule is CCOc1cc(-c2cc(C(F)(F)F)nc(-c3cc(-c4cccc(S(N)(=O)=O)c4)n[nH]3)n2)ccc1C(F)(F)F. The molecular formula is C23H17F6N5O3S. The molecule has 0 aliphatic rings. The summed E-state index contributed by atoms with van der Waals surface area (Å²) in [6.07, 6.45) is -9.66. The molecule has 3 N–H and O–H groups in total. The summed E-state index contributed by atoms with van der Waals surface area (Å²) in [5.41, 5.74) is -2.45. The van der Waals surface area contributed by atoms with Gasteiger partial charge < -0.3 is 4.74 Å². The van der Waals surface area contributed by atoms with Crippen molar-refractivity contribution in [3.63, 3.8) is 0 Å². The Morgan fingerprint density at radius 3 is 2.24 bits per heavy atom. The average Bonchev–Trinajstić information content (AvgIpc) is 3.33. The van der Waals surface area contributed by atoms with Crippen molar-refractivity contribution in [1.29, 1.82) is 0 Å². The predicted octanol–water partition coefficient (Wildman–Crippen LogP) is 5.28. The molecule has 4 rings (SSSR count). The van der Waals surface area contributed by atoms with E-state index in [-0.39, 0.29) is 39.7 Å². The number of benzene rings is 2. The number of ether oxygens (including phenoxy) is 1. The fourth-order valence-corrected chi connectivity index (χ4v) is 4.03. The number of hydrogen-bond donors (Lipinski definition) is 2. The van der Waals surface area contributed by atoms with E-state index >= 15 is 0 Å². The first kappa shape index (κ1) is 27.1. The first-order chi connectivity index (χ1) is 17.7. The molecule has 0 unspecified atom stereocenters. The number of nitrogens with two attached hydrogens (primary N) is 1. The van der Waals surface area contributed by atoms with Crippen LogP contribution in [0.1, 0.15) is 18.2 Å². The third-order valence-electron chi connectivity index (χ3n) is 5.18. The highest BCUT2D eigenvalue weighted by Gasteiger charge is 2.36. The van der Waals surface area contributed by atoms with Crippen molar-refractivity contribution in [3.05, 3.63) is 65.9 Å². The Morgan fingerprint density at radius 2 is 1.61 bits per heavy atom. The number of hydrogen-bond acceptors (Lipinski definition) is 6. The van der Waals surface area contributed by atoms with Gasteiger partial charge in [0.25, 0.3) is 0 Å². The second-order valence-electron chi connectivity index (χ2n) is 7.84. The molecule has 2 aromatic carbocycles. The zero-order valence-corrected chi connectivity index (χ0v) is 20.0. The molecule has 0 bridgehead atoms. The van der Waals surface area contributed by atoms with Crippen molar-refractivity contribution < 1.29 is 39.5 Å². The van der Waals surface area contributed by atoms with E-state index in [4.69, 9.17) is 9.88 Å². The maximum atomic E-state index is 13.7. The first-order valence-corrected chi connectivity index (χ1v) is 12.2. The van der Waals surface area contributed by atoms with Gasteiger partial charge in [0, 0.05) is 11.1 Å². The Morgan fingerprint density at radius 1 is 0.895 bits per heavy atom. The van der Waals surface area contributed by atoms with E-state index in [2.05, 4.69) is 20.2 Å². The van der Waals surface area contributed by atoms with Gasteiger partial charge in [0.1, 0.15) is 17.1 Å². The van der Waals surface area contributed by atoms with E-state index in [1.54, 1.807) is 0 Å². The Kier molecular flexibility index (Phi) is 6.92. The van der Waals surface area contributed by atoms with Crippen molar-refractivity contribution in [2.45, 2.75) is 24.2 Å². The van der Waals surface area contributed by atoms with Crippen LogP contribution in [-0.4, -0.2) is 35.2 Å². The molecule has 0 amide bonds. The maximum absolute atomic E-state index is 13.7. The minimum Gasteiger partial charge on any atom is -0.493 e. The molecule has 2 heterocycles. The van der Waals surface area contributed by atoms with Gasteiger partial charge in [-0.25, -0.2) is 23.5 Å². The molecular weight excluding hydrogens is 540 g/mol. The van der Waals surface area contributed by atoms with Gasteiger partial charge in [-0.1, -0.05) is 18.2 Å². The molecule has 2 aromatic heterocycles. The molecule has 0 radical (unpaired) electrons. The predicted molar refractivity (Wildman–Crippen MR) is 123 cm³/mol. The van der Waals surface area contributed by atoms with Gasteiger partial charge in [-0.05, 0) is 43.3 Å². The maximum Gasteiger partial charge on any atom is 0.433 e. The standard InChI is InChI=1S/C23H17F6N5O3S/c1-2-37-19-9-13(6-7-15(19)22(24,25)26)16-11-20(23(27,28)29)32-21(31-16)18-10-17(33-34-18)12-4-3-5-14(8-12)38(30,35)36/h3-11H,2H2,1H3,(H,33,34)(H2,30,35,36). The molecule has 0 aliphatic heterocycles. The number of H-pyrrole nitrogens is 1. The largest absolute Gasteiger partial charge is 0.493 e. The summed E-state index contributed by atoms with van der Waals surface area (Å²) in [7, 11) is -4.03. The molecule has 0 aliphatic carbocycles. The highest BCUT2D eigenvalue weighted by Crippen LogP contribution is 2.39. The van der Waals surface area contributed by atoms with Crippen LogP contribution in [-0.2, 0) is 22.4 Å². The summed E-state index contributed by atoms with van der Waals surface area (Å²) in [6, 6.07) is 9.93. The molecule has 4 aromatic rings. The van der Waals surface area contributed by atoms with Gasteiger partial charge >= 0.3 is 12.4 Å². The Bertz CT molecular complexity index is 1600. The molecule has 200 valence electrons. The molecule has 0 spiro atoms. The van der Waals surface area contributed by atoms with Crippen LogP contribution in [0.15, 0.2) is 59.5 Å². The summed E-state index contributed by atoms with van der Waals surface area (Å²) < 4.78 is 109. The number of nitrogens with one attached hydrogen (secondary N) is 1. The zero-order chi connectivity index (χ0) is 27.9. The molecule has 0 saturated carbocycles. The minimum absolute atomic E-state index is 0.0645. The van der Waals surface area contributed by atoms with E-state index in [0.717, 1.165) is 12.1 Å². The topological polar surface area (TPSA) is 124 Å². The number of halogens is 6. The van der Waals surface area contributed by atoms with Gasteiger partial charge in [0.05, 0.1) is 28.5 Å². The lowest BCUT2D eigenvalue weighted by atomic mass is 10.1. The van der Waals surface area contributed by atoms with E-state index < -0.39 is 45.2 Å². The number of sulfonamides is 1. The summed E-state index contributed by atoms with van der Waals surface area (Å²) in [6.45, 7) is 1.35. The average molecular weight is 557 g/mol. The normalized spacial score (nSPS) is 12.5. The molecule has 0 fully saturated rings. The first-order valence-electron chi connectivity index (χ1n) is 10.7. The minimum atomic E-state index is -4.91. The highest BCUT2D eigenvalue weighted by atomic mass is 32.2. The number of rotatable bonds is 6. The quantitative estimate of drug-likeness (QED) is 0.311. The lowest BCUT2D eigenvalue weighted by Crippen LogP contribution is -2.11. The molecule has 38 heavy (non-hydrogen) atoms. The van der Waals surface area contributed by atoms with E-state index in [9.17, 15) is 34.8 Å². The number of nitrogens with zero attached hydrogens (tertiary/aromatic N) is 3. The van der Waals surface area contributed by atoms with Gasteiger partial charge in [-0.15, -0.1) is 0 Å². The van der Waals surface area contributed by atoms with Crippen molar-refractivity contribution in [2.24, 2.45) is 5.14 Å². The van der Waals surface area contributed by atoms with Crippen LogP contribution in [0.4, 0.5) is 26.3 Å². The third kappa shape index (κ3) is 5.78. The molecule has 15 heteroatoms. The molecule has 0 saturated heterocycles. The second-order valence-corrected chi connectivity index (χ2v) is 9.40. The monoisotopic (exact) mass is 557 g/mol. The van der Waals surface area contributed by atoms with Crippen molar-refractivity contribution in [1.82, 2.24) is 20.2 Å². The Hall–Kier alpha value is -3.98. The van der Waals surface area contributed by atoms with Crippen LogP contribution in [0.5, 0.6) is 5.75 Å². The van der Waals surface area contributed by atoms with Crippen molar-refractivity contribution in [3.8, 4) is 39.8 Å². The van der Waals surface area contributed by atoms with Crippen LogP contribution in [0.2, 0.25) is 0 Å². The summed E-state index contributed by atoms with van der Waals surface area (Å²) in [5, 5.41) is 11.6. The van der Waals surface area contributed by atoms with Crippen LogP contribution >= 0.6 is 0 Å². The second kappa shape index (κ2) is 9.72. The van der Waals surface area contributed by atoms with Crippen LogP contribution < -0.4 is 9.88 Å². The lowest BCUT2D eigenvalue weighted by molar-refractivity contribution is -0.141. The molecule has 8 nitrogen and oxygen atoms in total. The summed E-state index contributed by atoms with van der Waals surface area (Å²) in [4.78, 5) is 7.45. The number of primary sulfonamides is 1. The fourth-order valence-electron chi connectivity index (χ4n) is 3.47. The smallest absolute Gasteiger partial charge is 0.433 e. The van der Waals surface area contributed by atoms with Crippen LogP contribution in [0.25, 0.3) is 34.0 Å². The number of aromatic amines is 1. The summed E-state index contributed by atoms with van der Waals surface area (Å²) in [5.74, 6) is -1.01. The zero-order valence-electron chi connectivity index (χ0n) is 19.2. The van der Waals surface area contributed by atoms with Gasteiger partial charge in [-0.2, -0.15) is 31.4 Å². The lowest BCUT2D eigenvalue weighted by Gasteiger charge is -2.15.